The first-order chi connectivity index (χ1) is 7.30. The highest BCUT2D eigenvalue weighted by Crippen LogP contribution is 2.34. The quantitative estimate of drug-likeness (QED) is 0.649. The number of nitrogens with two attached hydrogens (primary N) is 2. The van der Waals surface area contributed by atoms with Crippen molar-refractivity contribution in [3.63, 3.8) is 0 Å². The van der Waals surface area contributed by atoms with E-state index in [4.69, 9.17) is 11.5 Å². The van der Waals surface area contributed by atoms with Gasteiger partial charge in [0.2, 0.25) is 0 Å². The van der Waals surface area contributed by atoms with E-state index < -0.39 is 11.7 Å². The number of nitrogens with zero attached hydrogens (tertiary/aromatic N) is 1. The third-order valence-corrected chi connectivity index (χ3v) is 2.30. The number of guanidine groups is 1. The number of rotatable bonds is 2. The fraction of sp³-hybridized carbons (Fsp3) is 0.222. The lowest BCUT2D eigenvalue weighted by atomic mass is 10.1. The molecule has 0 radical (unpaired) electrons. The van der Waals surface area contributed by atoms with E-state index in [2.05, 4.69) is 20.9 Å². The van der Waals surface area contributed by atoms with Gasteiger partial charge in [-0.1, -0.05) is 22.0 Å². The van der Waals surface area contributed by atoms with Crippen LogP contribution in [0.1, 0.15) is 11.1 Å². The van der Waals surface area contributed by atoms with E-state index in [-0.39, 0.29) is 18.1 Å². The highest BCUT2D eigenvalue weighted by molar-refractivity contribution is 9.10. The summed E-state index contributed by atoms with van der Waals surface area (Å²) in [6.07, 6.45) is -4.42. The third kappa shape index (κ3) is 3.41. The zero-order chi connectivity index (χ0) is 12.3. The second-order valence-corrected chi connectivity index (χ2v) is 3.96. The van der Waals surface area contributed by atoms with Gasteiger partial charge in [0.1, 0.15) is 0 Å². The van der Waals surface area contributed by atoms with Crippen molar-refractivity contribution in [2.24, 2.45) is 16.5 Å². The first kappa shape index (κ1) is 12.8. The maximum absolute atomic E-state index is 12.6. The molecule has 0 fully saturated rings. The van der Waals surface area contributed by atoms with Crippen molar-refractivity contribution in [2.45, 2.75) is 12.7 Å². The molecular formula is C9H9BrF3N3. The molecule has 0 unspecified atom stereocenters. The summed E-state index contributed by atoms with van der Waals surface area (Å²) < 4.78 is 38.2. The SMILES string of the molecule is NC(N)=NCc1ccc(Br)cc1C(F)(F)F. The highest BCUT2D eigenvalue weighted by Gasteiger charge is 2.33. The predicted octanol–water partition coefficient (Wildman–Crippen LogP) is 2.24. The highest BCUT2D eigenvalue weighted by atomic mass is 79.9. The van der Waals surface area contributed by atoms with Crippen LogP contribution in [0.25, 0.3) is 0 Å². The molecule has 16 heavy (non-hydrogen) atoms. The minimum Gasteiger partial charge on any atom is -0.370 e. The molecule has 0 saturated heterocycles. The van der Waals surface area contributed by atoms with Crippen molar-refractivity contribution in [1.82, 2.24) is 0 Å². The number of hydrogen-bond acceptors (Lipinski definition) is 1. The van der Waals surface area contributed by atoms with Crippen LogP contribution in [0.5, 0.6) is 0 Å². The Morgan fingerprint density at radius 1 is 1.31 bits per heavy atom. The van der Waals surface area contributed by atoms with Crippen LogP contribution in [0.3, 0.4) is 0 Å². The van der Waals surface area contributed by atoms with E-state index in [9.17, 15) is 13.2 Å². The molecule has 3 nitrogen and oxygen atoms in total. The molecule has 0 heterocycles. The molecule has 0 spiro atoms. The minimum atomic E-state index is -4.42. The monoisotopic (exact) mass is 295 g/mol. The summed E-state index contributed by atoms with van der Waals surface area (Å²) in [7, 11) is 0. The van der Waals surface area contributed by atoms with Gasteiger partial charge in [0, 0.05) is 4.47 Å². The van der Waals surface area contributed by atoms with Gasteiger partial charge in [-0.2, -0.15) is 13.2 Å². The molecule has 0 aliphatic rings. The summed E-state index contributed by atoms with van der Waals surface area (Å²) in [6.45, 7) is -0.190. The van der Waals surface area contributed by atoms with Crippen LogP contribution < -0.4 is 11.5 Å². The average molecular weight is 296 g/mol. The lowest BCUT2D eigenvalue weighted by Crippen LogP contribution is -2.23. The van der Waals surface area contributed by atoms with Crippen LogP contribution in [-0.4, -0.2) is 5.96 Å². The van der Waals surface area contributed by atoms with E-state index in [0.29, 0.717) is 4.47 Å². The van der Waals surface area contributed by atoms with Crippen molar-refractivity contribution in [3.8, 4) is 0 Å². The first-order valence-electron chi connectivity index (χ1n) is 4.21. The second kappa shape index (κ2) is 4.73. The van der Waals surface area contributed by atoms with Gasteiger partial charge in [-0.15, -0.1) is 0 Å². The first-order valence-corrected chi connectivity index (χ1v) is 5.01. The van der Waals surface area contributed by atoms with Gasteiger partial charge < -0.3 is 11.5 Å². The predicted molar refractivity (Wildman–Crippen MR) is 58.7 cm³/mol. The Balaban J connectivity index is 3.13. The molecule has 0 aliphatic heterocycles. The summed E-state index contributed by atoms with van der Waals surface area (Å²) in [5.41, 5.74) is 9.42. The molecule has 88 valence electrons. The summed E-state index contributed by atoms with van der Waals surface area (Å²) in [5, 5.41) is 0. The van der Waals surface area contributed by atoms with Crippen LogP contribution in [-0.2, 0) is 12.7 Å². The number of hydrogen-bond donors (Lipinski definition) is 2. The van der Waals surface area contributed by atoms with Crippen LogP contribution in [0.2, 0.25) is 0 Å². The van der Waals surface area contributed by atoms with Gasteiger partial charge in [-0.05, 0) is 17.7 Å². The molecule has 1 aromatic rings. The number of alkyl halides is 3. The molecule has 1 aromatic carbocycles. The maximum Gasteiger partial charge on any atom is 0.416 e. The third-order valence-electron chi connectivity index (χ3n) is 1.81. The van der Waals surface area contributed by atoms with Gasteiger partial charge in [0.25, 0.3) is 0 Å². The molecule has 0 saturated carbocycles. The van der Waals surface area contributed by atoms with E-state index in [1.54, 1.807) is 0 Å². The zero-order valence-corrected chi connectivity index (χ0v) is 9.64. The van der Waals surface area contributed by atoms with Crippen molar-refractivity contribution < 1.29 is 13.2 Å². The molecule has 4 N–H and O–H groups in total. The van der Waals surface area contributed by atoms with E-state index in [0.717, 1.165) is 6.07 Å². The van der Waals surface area contributed by atoms with Crippen molar-refractivity contribution >= 4 is 21.9 Å². The minimum absolute atomic E-state index is 0.0316. The molecule has 7 heteroatoms. The van der Waals surface area contributed by atoms with Crippen molar-refractivity contribution in [1.29, 1.82) is 0 Å². The van der Waals surface area contributed by atoms with Gasteiger partial charge >= 0.3 is 6.18 Å². The lowest BCUT2D eigenvalue weighted by molar-refractivity contribution is -0.138. The zero-order valence-electron chi connectivity index (χ0n) is 8.05. The van der Waals surface area contributed by atoms with Crippen LogP contribution in [0.15, 0.2) is 27.7 Å². The van der Waals surface area contributed by atoms with Gasteiger partial charge in [-0.3, -0.25) is 0 Å². The van der Waals surface area contributed by atoms with Crippen molar-refractivity contribution in [2.75, 3.05) is 0 Å². The lowest BCUT2D eigenvalue weighted by Gasteiger charge is -2.11. The number of aliphatic imine (C=N–C) groups is 1. The smallest absolute Gasteiger partial charge is 0.370 e. The Hall–Kier alpha value is -1.24. The molecule has 0 bridgehead atoms. The Bertz CT molecular complexity index is 411. The second-order valence-electron chi connectivity index (χ2n) is 3.04. The van der Waals surface area contributed by atoms with E-state index >= 15 is 0 Å². The maximum atomic E-state index is 12.6. The van der Waals surface area contributed by atoms with Crippen LogP contribution >= 0.6 is 15.9 Å². The van der Waals surface area contributed by atoms with Crippen LogP contribution in [0, 0.1) is 0 Å². The fourth-order valence-electron chi connectivity index (χ4n) is 1.13. The van der Waals surface area contributed by atoms with Crippen LogP contribution in [0.4, 0.5) is 13.2 Å². The normalized spacial score (nSPS) is 11.2. The van der Waals surface area contributed by atoms with E-state index in [1.807, 2.05) is 0 Å². The molecule has 1 rings (SSSR count). The van der Waals surface area contributed by atoms with Gasteiger partial charge in [-0.25, -0.2) is 4.99 Å². The standard InChI is InChI=1S/C9H9BrF3N3/c10-6-2-1-5(4-16-8(14)15)7(3-6)9(11,12)13/h1-3H,4H2,(H4,14,15,16). The molecule has 0 amide bonds. The van der Waals surface area contributed by atoms with E-state index in [1.165, 1.54) is 12.1 Å². The summed E-state index contributed by atoms with van der Waals surface area (Å²) in [5.74, 6) is -0.240. The number of benzene rings is 1. The van der Waals surface area contributed by atoms with Gasteiger partial charge in [0.05, 0.1) is 12.1 Å². The summed E-state index contributed by atoms with van der Waals surface area (Å²) in [4.78, 5) is 3.56. The van der Waals surface area contributed by atoms with Crippen molar-refractivity contribution in [3.05, 3.63) is 33.8 Å². The molecule has 0 aromatic heterocycles. The largest absolute Gasteiger partial charge is 0.416 e. The van der Waals surface area contributed by atoms with Gasteiger partial charge in [0.15, 0.2) is 5.96 Å². The molecule has 0 atom stereocenters. The number of halogens is 4. The molecular weight excluding hydrogens is 287 g/mol. The summed E-state index contributed by atoms with van der Waals surface area (Å²) >= 11 is 2.98. The Morgan fingerprint density at radius 3 is 2.44 bits per heavy atom. The summed E-state index contributed by atoms with van der Waals surface area (Å²) in [6, 6.07) is 3.84. The molecule has 0 aliphatic carbocycles. The Morgan fingerprint density at radius 2 is 1.94 bits per heavy atom. The Labute approximate surface area is 98.5 Å². The average Bonchev–Trinajstić information content (AvgIpc) is 2.14. The fourth-order valence-corrected chi connectivity index (χ4v) is 1.49. The topological polar surface area (TPSA) is 64.4 Å². The Kier molecular flexibility index (Phi) is 3.79.